The van der Waals surface area contributed by atoms with Gasteiger partial charge in [0.05, 0.1) is 10.3 Å². The maximum Gasteiger partial charge on any atom is 0.262 e. The summed E-state index contributed by atoms with van der Waals surface area (Å²) >= 11 is 0. The molecular formula is C25H32N2O3S. The van der Waals surface area contributed by atoms with Crippen LogP contribution in [-0.4, -0.2) is 20.4 Å². The Morgan fingerprint density at radius 2 is 1.61 bits per heavy atom. The molecule has 31 heavy (non-hydrogen) atoms. The van der Waals surface area contributed by atoms with Crippen molar-refractivity contribution in [3.05, 3.63) is 59.2 Å². The fourth-order valence-electron chi connectivity index (χ4n) is 4.56. The van der Waals surface area contributed by atoms with Crippen molar-refractivity contribution in [3.8, 4) is 0 Å². The van der Waals surface area contributed by atoms with Crippen LogP contribution in [0.3, 0.4) is 0 Å². The Bertz CT molecular complexity index is 1060. The van der Waals surface area contributed by atoms with Crippen LogP contribution in [0.15, 0.2) is 47.4 Å². The summed E-state index contributed by atoms with van der Waals surface area (Å²) in [5.74, 6) is 0.874. The molecule has 0 bridgehead atoms. The Morgan fingerprint density at radius 1 is 0.968 bits per heavy atom. The highest BCUT2D eigenvalue weighted by Crippen LogP contribution is 2.49. The van der Waals surface area contributed by atoms with Gasteiger partial charge in [0, 0.05) is 11.7 Å². The lowest BCUT2D eigenvalue weighted by atomic mass is 9.86. The molecule has 2 aromatic rings. The van der Waals surface area contributed by atoms with Gasteiger partial charge in [-0.2, -0.15) is 0 Å². The second-order valence-corrected chi connectivity index (χ2v) is 11.1. The standard InChI is InChI=1S/C25H32N2O3S/c1-17-5-10-21(11-6-17)26-24(28)25(14-15-25)20-8-12-22(13-9-20)27-31(29,30)23-16-18(2)4-7-19(23)3/h4,7-9,12-13,16-17,21,27H,5-6,10-11,14-15H2,1-3H3,(H,26,28). The summed E-state index contributed by atoms with van der Waals surface area (Å²) in [6, 6.07) is 13.0. The first-order valence-corrected chi connectivity index (χ1v) is 12.7. The van der Waals surface area contributed by atoms with Crippen LogP contribution < -0.4 is 10.0 Å². The lowest BCUT2D eigenvalue weighted by molar-refractivity contribution is -0.124. The Kier molecular flexibility index (Phi) is 5.86. The molecule has 6 heteroatoms. The number of nitrogens with one attached hydrogen (secondary N) is 2. The molecular weight excluding hydrogens is 408 g/mol. The van der Waals surface area contributed by atoms with Crippen molar-refractivity contribution in [2.24, 2.45) is 5.92 Å². The molecule has 5 nitrogen and oxygen atoms in total. The summed E-state index contributed by atoms with van der Waals surface area (Å²) < 4.78 is 28.4. The fourth-order valence-corrected chi connectivity index (χ4v) is 5.95. The minimum Gasteiger partial charge on any atom is -0.353 e. The van der Waals surface area contributed by atoms with E-state index in [1.165, 1.54) is 12.8 Å². The van der Waals surface area contributed by atoms with E-state index in [-0.39, 0.29) is 16.8 Å². The van der Waals surface area contributed by atoms with Crippen LogP contribution in [0.1, 0.15) is 62.1 Å². The van der Waals surface area contributed by atoms with Crippen molar-refractivity contribution in [3.63, 3.8) is 0 Å². The molecule has 0 aromatic heterocycles. The Balaban J connectivity index is 1.45. The van der Waals surface area contributed by atoms with Crippen LogP contribution in [0.5, 0.6) is 0 Å². The van der Waals surface area contributed by atoms with Crippen molar-refractivity contribution < 1.29 is 13.2 Å². The van der Waals surface area contributed by atoms with E-state index < -0.39 is 15.4 Å². The Labute approximate surface area is 185 Å². The van der Waals surface area contributed by atoms with E-state index in [2.05, 4.69) is 17.0 Å². The average Bonchev–Trinajstić information content (AvgIpc) is 3.54. The van der Waals surface area contributed by atoms with Gasteiger partial charge in [-0.05, 0) is 93.2 Å². The molecule has 0 unspecified atom stereocenters. The molecule has 2 aliphatic carbocycles. The van der Waals surface area contributed by atoms with Gasteiger partial charge < -0.3 is 5.32 Å². The number of rotatable bonds is 6. The van der Waals surface area contributed by atoms with Crippen LogP contribution in [0.2, 0.25) is 0 Å². The molecule has 2 aliphatic rings. The number of carbonyl (C=O) groups is 1. The third-order valence-corrected chi connectivity index (χ3v) is 8.38. The molecule has 0 saturated heterocycles. The van der Waals surface area contributed by atoms with Gasteiger partial charge in [0.2, 0.25) is 5.91 Å². The third kappa shape index (κ3) is 4.64. The average molecular weight is 441 g/mol. The van der Waals surface area contributed by atoms with Crippen LogP contribution >= 0.6 is 0 Å². The molecule has 0 aliphatic heterocycles. The lowest BCUT2D eigenvalue weighted by Gasteiger charge is -2.28. The predicted octanol–water partition coefficient (Wildman–Crippen LogP) is 4.83. The van der Waals surface area contributed by atoms with Crippen molar-refractivity contribution in [1.82, 2.24) is 5.32 Å². The molecule has 2 fully saturated rings. The summed E-state index contributed by atoms with van der Waals surface area (Å²) in [6.07, 6.45) is 6.15. The minimum atomic E-state index is -3.67. The second-order valence-electron chi connectivity index (χ2n) is 9.46. The molecule has 0 radical (unpaired) electrons. The van der Waals surface area contributed by atoms with Gasteiger partial charge in [0.15, 0.2) is 0 Å². The third-order valence-electron chi connectivity index (χ3n) is 6.86. The number of sulfonamides is 1. The number of benzene rings is 2. The molecule has 2 N–H and O–H groups in total. The zero-order chi connectivity index (χ0) is 22.2. The first-order valence-electron chi connectivity index (χ1n) is 11.2. The normalized spacial score (nSPS) is 22.5. The number of amides is 1. The molecule has 2 aromatic carbocycles. The van der Waals surface area contributed by atoms with Crippen molar-refractivity contribution in [2.75, 3.05) is 4.72 Å². The molecule has 0 heterocycles. The van der Waals surface area contributed by atoms with Crippen LogP contribution in [0.4, 0.5) is 5.69 Å². The predicted molar refractivity (Wildman–Crippen MR) is 124 cm³/mol. The largest absolute Gasteiger partial charge is 0.353 e. The zero-order valence-electron chi connectivity index (χ0n) is 18.6. The van der Waals surface area contributed by atoms with E-state index in [1.807, 2.05) is 31.2 Å². The summed E-state index contributed by atoms with van der Waals surface area (Å²) in [5, 5.41) is 3.28. The van der Waals surface area contributed by atoms with Crippen molar-refractivity contribution >= 4 is 21.6 Å². The zero-order valence-corrected chi connectivity index (χ0v) is 19.4. The van der Waals surface area contributed by atoms with Gasteiger partial charge in [-0.15, -0.1) is 0 Å². The summed E-state index contributed by atoms with van der Waals surface area (Å²) in [7, 11) is -3.67. The highest BCUT2D eigenvalue weighted by atomic mass is 32.2. The van der Waals surface area contributed by atoms with Crippen molar-refractivity contribution in [2.45, 2.75) is 75.6 Å². The van der Waals surface area contributed by atoms with Crippen LogP contribution in [-0.2, 0) is 20.2 Å². The topological polar surface area (TPSA) is 75.3 Å². The van der Waals surface area contributed by atoms with Crippen LogP contribution in [0.25, 0.3) is 0 Å². The summed E-state index contributed by atoms with van der Waals surface area (Å²) in [6.45, 7) is 5.94. The summed E-state index contributed by atoms with van der Waals surface area (Å²) in [5.41, 5.74) is 2.62. The number of aryl methyl sites for hydroxylation is 2. The van der Waals surface area contributed by atoms with Gasteiger partial charge >= 0.3 is 0 Å². The quantitative estimate of drug-likeness (QED) is 0.675. The lowest BCUT2D eigenvalue weighted by Crippen LogP contribution is -2.43. The minimum absolute atomic E-state index is 0.121. The SMILES string of the molecule is Cc1ccc(C)c(S(=O)(=O)Nc2ccc(C3(C(=O)NC4CCC(C)CC4)CC3)cc2)c1. The maximum absolute atomic E-state index is 13.0. The maximum atomic E-state index is 13.0. The van der Waals surface area contributed by atoms with Gasteiger partial charge in [-0.25, -0.2) is 8.42 Å². The highest BCUT2D eigenvalue weighted by molar-refractivity contribution is 7.92. The summed E-state index contributed by atoms with van der Waals surface area (Å²) in [4.78, 5) is 13.3. The molecule has 4 rings (SSSR count). The number of hydrogen-bond donors (Lipinski definition) is 2. The molecule has 2 saturated carbocycles. The fraction of sp³-hybridized carbons (Fsp3) is 0.480. The van der Waals surface area contributed by atoms with Gasteiger partial charge in [-0.3, -0.25) is 9.52 Å². The molecule has 1 amide bonds. The van der Waals surface area contributed by atoms with E-state index >= 15 is 0 Å². The van der Waals surface area contributed by atoms with Gasteiger partial charge in [-0.1, -0.05) is 31.2 Å². The van der Waals surface area contributed by atoms with Crippen molar-refractivity contribution in [1.29, 1.82) is 0 Å². The van der Waals surface area contributed by atoms with Gasteiger partial charge in [0.25, 0.3) is 10.0 Å². The smallest absolute Gasteiger partial charge is 0.262 e. The van der Waals surface area contributed by atoms with E-state index in [4.69, 9.17) is 0 Å². The number of hydrogen-bond acceptors (Lipinski definition) is 3. The molecule has 0 spiro atoms. The number of carbonyl (C=O) groups excluding carboxylic acids is 1. The molecule has 0 atom stereocenters. The van der Waals surface area contributed by atoms with Gasteiger partial charge in [0.1, 0.15) is 0 Å². The van der Waals surface area contributed by atoms with Crippen LogP contribution in [0, 0.1) is 19.8 Å². The highest BCUT2D eigenvalue weighted by Gasteiger charge is 2.51. The monoisotopic (exact) mass is 440 g/mol. The first-order chi connectivity index (χ1) is 14.7. The Morgan fingerprint density at radius 3 is 2.23 bits per heavy atom. The second kappa shape index (κ2) is 8.30. The van der Waals surface area contributed by atoms with E-state index in [0.29, 0.717) is 11.3 Å². The Hall–Kier alpha value is -2.34. The number of anilines is 1. The van der Waals surface area contributed by atoms with E-state index in [0.717, 1.165) is 42.7 Å². The van der Waals surface area contributed by atoms with E-state index in [1.54, 1.807) is 25.1 Å². The van der Waals surface area contributed by atoms with E-state index in [9.17, 15) is 13.2 Å². The first kappa shape index (κ1) is 21.9. The molecule has 166 valence electrons.